The molecule has 0 unspecified atom stereocenters. The maximum Gasteiger partial charge on any atom is 0.263 e. The number of hydrogen-bond donors (Lipinski definition) is 1. The van der Waals surface area contributed by atoms with Gasteiger partial charge in [-0.3, -0.25) is 4.79 Å². The van der Waals surface area contributed by atoms with Gasteiger partial charge in [-0.1, -0.05) is 35.9 Å². The van der Waals surface area contributed by atoms with Gasteiger partial charge in [0.05, 0.1) is 5.02 Å². The molecule has 22 heavy (non-hydrogen) atoms. The molecule has 1 amide bonds. The molecule has 0 aliphatic rings. The van der Waals surface area contributed by atoms with Crippen LogP contribution in [0.15, 0.2) is 42.5 Å². The van der Waals surface area contributed by atoms with Crippen molar-refractivity contribution in [3.63, 3.8) is 0 Å². The van der Waals surface area contributed by atoms with Crippen LogP contribution in [0.5, 0.6) is 0 Å². The van der Waals surface area contributed by atoms with E-state index in [4.69, 9.17) is 11.6 Å². The molecule has 2 nitrogen and oxygen atoms in total. The van der Waals surface area contributed by atoms with E-state index in [-0.39, 0.29) is 11.7 Å². The van der Waals surface area contributed by atoms with Crippen molar-refractivity contribution < 1.29 is 9.18 Å². The number of carbonyl (C=O) groups excluding carboxylic acids is 1. The van der Waals surface area contributed by atoms with Crippen LogP contribution in [0.4, 0.5) is 4.39 Å². The lowest BCUT2D eigenvalue weighted by Gasteiger charge is -2.04. The van der Waals surface area contributed by atoms with Crippen molar-refractivity contribution in [2.75, 3.05) is 0 Å². The van der Waals surface area contributed by atoms with Crippen LogP contribution in [0.3, 0.4) is 0 Å². The first kappa shape index (κ1) is 15.0. The van der Waals surface area contributed by atoms with Gasteiger partial charge in [-0.25, -0.2) is 4.39 Å². The number of rotatable bonds is 3. The third-order valence-corrected chi connectivity index (χ3v) is 5.01. The molecule has 0 bridgehead atoms. The zero-order chi connectivity index (χ0) is 15.7. The Hall–Kier alpha value is -1.91. The molecule has 0 spiro atoms. The first-order chi connectivity index (χ1) is 10.5. The summed E-state index contributed by atoms with van der Waals surface area (Å²) in [5, 5.41) is 4.19. The number of halogens is 2. The summed E-state index contributed by atoms with van der Waals surface area (Å²) in [5.74, 6) is -0.508. The molecular weight excluding hydrogens is 321 g/mol. The summed E-state index contributed by atoms with van der Waals surface area (Å²) in [6.45, 7) is 2.34. The fourth-order valence-electron chi connectivity index (χ4n) is 2.18. The number of aryl methyl sites for hydroxylation is 1. The van der Waals surface area contributed by atoms with Crippen molar-refractivity contribution in [3.8, 4) is 0 Å². The Labute approximate surface area is 136 Å². The summed E-state index contributed by atoms with van der Waals surface area (Å²) in [6.07, 6.45) is 0. The minimum absolute atomic E-state index is 0.215. The summed E-state index contributed by atoms with van der Waals surface area (Å²) in [4.78, 5) is 12.8. The average molecular weight is 334 g/mol. The molecule has 1 N–H and O–H groups in total. The molecule has 112 valence electrons. The molecular formula is C17H13ClFNOS. The molecule has 3 rings (SSSR count). The van der Waals surface area contributed by atoms with Gasteiger partial charge in [-0.15, -0.1) is 11.3 Å². The van der Waals surface area contributed by atoms with E-state index in [0.717, 1.165) is 21.2 Å². The summed E-state index contributed by atoms with van der Waals surface area (Å²) in [6, 6.07) is 12.0. The standard InChI is InChI=1S/C17H13ClFNOS/c1-10-2-7-13-14(8-10)22-16(15(13)18)17(21)20-9-11-3-5-12(19)6-4-11/h2-8H,9H2,1H3,(H,20,21). The van der Waals surface area contributed by atoms with E-state index >= 15 is 0 Å². The largest absolute Gasteiger partial charge is 0.347 e. The van der Waals surface area contributed by atoms with Crippen LogP contribution < -0.4 is 5.32 Å². The van der Waals surface area contributed by atoms with Gasteiger partial charge in [0.2, 0.25) is 0 Å². The molecule has 0 fully saturated rings. The summed E-state index contributed by atoms with van der Waals surface area (Å²) in [7, 11) is 0. The number of benzene rings is 2. The molecule has 2 aromatic carbocycles. The van der Waals surface area contributed by atoms with Crippen LogP contribution >= 0.6 is 22.9 Å². The lowest BCUT2D eigenvalue weighted by atomic mass is 10.2. The molecule has 1 aromatic heterocycles. The number of nitrogens with one attached hydrogen (secondary N) is 1. The van der Waals surface area contributed by atoms with Gasteiger partial charge in [0, 0.05) is 16.6 Å². The molecule has 0 aliphatic carbocycles. The van der Waals surface area contributed by atoms with Crippen molar-refractivity contribution >= 4 is 38.9 Å². The maximum atomic E-state index is 12.9. The highest BCUT2D eigenvalue weighted by Gasteiger charge is 2.16. The van der Waals surface area contributed by atoms with Crippen LogP contribution in [-0.4, -0.2) is 5.91 Å². The Kier molecular flexibility index (Phi) is 4.14. The quantitative estimate of drug-likeness (QED) is 0.723. The molecule has 5 heteroatoms. The van der Waals surface area contributed by atoms with Crippen molar-refractivity contribution in [2.45, 2.75) is 13.5 Å². The number of fused-ring (bicyclic) bond motifs is 1. The zero-order valence-corrected chi connectivity index (χ0v) is 13.4. The fraction of sp³-hybridized carbons (Fsp3) is 0.118. The van der Waals surface area contributed by atoms with Gasteiger partial charge in [0.1, 0.15) is 10.7 Å². The molecule has 0 radical (unpaired) electrons. The SMILES string of the molecule is Cc1ccc2c(Cl)c(C(=O)NCc3ccc(F)cc3)sc2c1. The second-order valence-electron chi connectivity index (χ2n) is 5.05. The van der Waals surface area contributed by atoms with Crippen molar-refractivity contribution in [3.05, 3.63) is 69.3 Å². The molecule has 3 aromatic rings. The second-order valence-corrected chi connectivity index (χ2v) is 6.48. The van der Waals surface area contributed by atoms with Gasteiger partial charge in [-0.05, 0) is 36.2 Å². The highest BCUT2D eigenvalue weighted by Crippen LogP contribution is 2.35. The third kappa shape index (κ3) is 2.98. The molecule has 0 aliphatic heterocycles. The average Bonchev–Trinajstić information content (AvgIpc) is 2.83. The minimum atomic E-state index is -0.294. The number of thiophene rings is 1. The van der Waals surface area contributed by atoms with E-state index in [2.05, 4.69) is 5.32 Å². The number of hydrogen-bond acceptors (Lipinski definition) is 2. The Morgan fingerprint density at radius 1 is 1.23 bits per heavy atom. The maximum absolute atomic E-state index is 12.9. The van der Waals surface area contributed by atoms with Crippen LogP contribution in [0.2, 0.25) is 5.02 Å². The van der Waals surface area contributed by atoms with Crippen LogP contribution in [0, 0.1) is 12.7 Å². The van der Waals surface area contributed by atoms with Crippen LogP contribution in [-0.2, 0) is 6.54 Å². The van der Waals surface area contributed by atoms with Crippen molar-refractivity contribution in [2.24, 2.45) is 0 Å². The summed E-state index contributed by atoms with van der Waals surface area (Å²) in [5.41, 5.74) is 1.96. The van der Waals surface area contributed by atoms with Crippen LogP contribution in [0.1, 0.15) is 20.8 Å². The number of amides is 1. The lowest BCUT2D eigenvalue weighted by Crippen LogP contribution is -2.22. The van der Waals surface area contributed by atoms with E-state index in [9.17, 15) is 9.18 Å². The second kappa shape index (κ2) is 6.07. The topological polar surface area (TPSA) is 29.1 Å². The molecule has 0 atom stereocenters. The monoisotopic (exact) mass is 333 g/mol. The Morgan fingerprint density at radius 2 is 1.95 bits per heavy atom. The lowest BCUT2D eigenvalue weighted by molar-refractivity contribution is 0.0955. The first-order valence-corrected chi connectivity index (χ1v) is 7.95. The highest BCUT2D eigenvalue weighted by atomic mass is 35.5. The molecule has 1 heterocycles. The highest BCUT2D eigenvalue weighted by molar-refractivity contribution is 7.21. The van der Waals surface area contributed by atoms with Crippen molar-refractivity contribution in [1.82, 2.24) is 5.32 Å². The summed E-state index contributed by atoms with van der Waals surface area (Å²) < 4.78 is 13.8. The Balaban J connectivity index is 1.80. The van der Waals surface area contributed by atoms with Gasteiger partial charge in [0.15, 0.2) is 0 Å². The van der Waals surface area contributed by atoms with E-state index < -0.39 is 0 Å². The Bertz CT molecular complexity index is 842. The zero-order valence-electron chi connectivity index (χ0n) is 11.8. The molecule has 0 saturated heterocycles. The Morgan fingerprint density at radius 3 is 2.68 bits per heavy atom. The van der Waals surface area contributed by atoms with E-state index in [1.165, 1.54) is 23.5 Å². The summed E-state index contributed by atoms with van der Waals surface area (Å²) >= 11 is 7.69. The predicted octanol–water partition coefficient (Wildman–Crippen LogP) is 4.93. The van der Waals surface area contributed by atoms with E-state index in [1.54, 1.807) is 12.1 Å². The van der Waals surface area contributed by atoms with Gasteiger partial charge in [-0.2, -0.15) is 0 Å². The van der Waals surface area contributed by atoms with E-state index in [1.807, 2.05) is 25.1 Å². The smallest absolute Gasteiger partial charge is 0.263 e. The van der Waals surface area contributed by atoms with Gasteiger partial charge in [0.25, 0.3) is 5.91 Å². The fourth-order valence-corrected chi connectivity index (χ4v) is 3.71. The predicted molar refractivity (Wildman–Crippen MR) is 89.1 cm³/mol. The van der Waals surface area contributed by atoms with Crippen molar-refractivity contribution in [1.29, 1.82) is 0 Å². The first-order valence-electron chi connectivity index (χ1n) is 6.76. The van der Waals surface area contributed by atoms with Gasteiger partial charge < -0.3 is 5.32 Å². The van der Waals surface area contributed by atoms with Crippen LogP contribution in [0.25, 0.3) is 10.1 Å². The normalized spacial score (nSPS) is 10.9. The molecule has 0 saturated carbocycles. The number of carbonyl (C=O) groups is 1. The minimum Gasteiger partial charge on any atom is -0.347 e. The third-order valence-electron chi connectivity index (χ3n) is 3.36. The van der Waals surface area contributed by atoms with Gasteiger partial charge >= 0.3 is 0 Å². The van der Waals surface area contributed by atoms with E-state index in [0.29, 0.717) is 16.4 Å².